The second-order valence-corrected chi connectivity index (χ2v) is 2.79. The molecule has 2 nitrogen and oxygen atoms in total. The van der Waals surface area contributed by atoms with E-state index in [2.05, 4.69) is 9.98 Å². The third-order valence-corrected chi connectivity index (χ3v) is 2.05. The highest BCUT2D eigenvalue weighted by Crippen LogP contribution is 2.18. The molecule has 0 radical (unpaired) electrons. The summed E-state index contributed by atoms with van der Waals surface area (Å²) in [6.07, 6.45) is 5.89. The number of hydrogen-bond donors (Lipinski definition) is 0. The average molecular weight is 166 g/mol. The summed E-state index contributed by atoms with van der Waals surface area (Å²) in [7, 11) is 1.78. The highest BCUT2D eigenvalue weighted by atomic mass is 32.2. The molecular formula is C8H10N2S. The Morgan fingerprint density at radius 3 is 3.09 bits per heavy atom. The molecule has 0 saturated carbocycles. The monoisotopic (exact) mass is 166 g/mol. The lowest BCUT2D eigenvalue weighted by molar-refractivity contribution is 1.42. The molecule has 1 rings (SSSR count). The number of rotatable bonds is 1. The van der Waals surface area contributed by atoms with Gasteiger partial charge in [0.1, 0.15) is 5.04 Å². The zero-order chi connectivity index (χ0) is 8.10. The lowest BCUT2D eigenvalue weighted by atomic mass is 10.4. The molecule has 1 aliphatic rings. The summed E-state index contributed by atoms with van der Waals surface area (Å²) in [6.45, 7) is 1.98. The Balaban J connectivity index is 2.78. The summed E-state index contributed by atoms with van der Waals surface area (Å²) in [5.74, 6) is 0. The standard InChI is InChI=1S/C8H10N2S/c1-3-4-5-7-8(9-2)11-6-10-7/h3-6H,1-2H3/b4-3-,7-5+,9-8?. The first-order valence-electron chi connectivity index (χ1n) is 3.38. The van der Waals surface area contributed by atoms with Crippen molar-refractivity contribution in [2.24, 2.45) is 9.98 Å². The van der Waals surface area contributed by atoms with Crippen LogP contribution in [-0.2, 0) is 0 Å². The summed E-state index contributed by atoms with van der Waals surface area (Å²) in [5.41, 5.74) is 2.76. The molecule has 58 valence electrons. The lowest BCUT2D eigenvalue weighted by Crippen LogP contribution is -1.87. The van der Waals surface area contributed by atoms with Gasteiger partial charge >= 0.3 is 0 Å². The van der Waals surface area contributed by atoms with Crippen LogP contribution in [0.15, 0.2) is 33.9 Å². The molecular weight excluding hydrogens is 156 g/mol. The van der Waals surface area contributed by atoms with Crippen LogP contribution in [0.4, 0.5) is 0 Å². The molecule has 1 aliphatic heterocycles. The molecule has 0 atom stereocenters. The SMILES string of the molecule is C/C=C\C=C1\N=CSC1=NC. The van der Waals surface area contributed by atoms with Crippen LogP contribution in [0.3, 0.4) is 0 Å². The van der Waals surface area contributed by atoms with Crippen LogP contribution in [0.1, 0.15) is 6.92 Å². The molecule has 0 spiro atoms. The van der Waals surface area contributed by atoms with Crippen molar-refractivity contribution in [1.82, 2.24) is 0 Å². The van der Waals surface area contributed by atoms with Crippen LogP contribution >= 0.6 is 11.8 Å². The predicted octanol–water partition coefficient (Wildman–Crippen LogP) is 2.25. The summed E-state index contributed by atoms with van der Waals surface area (Å²) in [6, 6.07) is 0. The van der Waals surface area contributed by atoms with Gasteiger partial charge < -0.3 is 0 Å². The average Bonchev–Trinajstić information content (AvgIpc) is 2.47. The van der Waals surface area contributed by atoms with Crippen molar-refractivity contribution in [3.8, 4) is 0 Å². The molecule has 0 aromatic heterocycles. The first-order valence-corrected chi connectivity index (χ1v) is 4.25. The number of allylic oxidation sites excluding steroid dienone is 3. The minimum Gasteiger partial charge on any atom is -0.279 e. The van der Waals surface area contributed by atoms with Gasteiger partial charge in [-0.2, -0.15) is 0 Å². The minimum atomic E-state index is 0.954. The van der Waals surface area contributed by atoms with Crippen molar-refractivity contribution in [2.45, 2.75) is 6.92 Å². The first-order chi connectivity index (χ1) is 5.38. The van der Waals surface area contributed by atoms with E-state index in [-0.39, 0.29) is 0 Å². The van der Waals surface area contributed by atoms with Gasteiger partial charge in [-0.15, -0.1) is 0 Å². The highest BCUT2D eigenvalue weighted by molar-refractivity contribution is 8.25. The van der Waals surface area contributed by atoms with Gasteiger partial charge in [0.15, 0.2) is 0 Å². The Morgan fingerprint density at radius 2 is 2.45 bits per heavy atom. The Morgan fingerprint density at radius 1 is 1.64 bits per heavy atom. The molecule has 0 N–H and O–H groups in total. The van der Waals surface area contributed by atoms with E-state index < -0.39 is 0 Å². The number of nitrogens with zero attached hydrogens (tertiary/aromatic N) is 2. The van der Waals surface area contributed by atoms with Gasteiger partial charge in [-0.3, -0.25) is 4.99 Å². The van der Waals surface area contributed by atoms with Crippen molar-refractivity contribution in [3.05, 3.63) is 23.9 Å². The largest absolute Gasteiger partial charge is 0.279 e. The van der Waals surface area contributed by atoms with Crippen LogP contribution in [0, 0.1) is 0 Å². The predicted molar refractivity (Wildman–Crippen MR) is 52.3 cm³/mol. The molecule has 11 heavy (non-hydrogen) atoms. The fraction of sp³-hybridized carbons (Fsp3) is 0.250. The summed E-state index contributed by atoms with van der Waals surface area (Å²) >= 11 is 1.56. The third kappa shape index (κ3) is 2.05. The van der Waals surface area contributed by atoms with E-state index in [9.17, 15) is 0 Å². The molecule has 0 fully saturated rings. The van der Waals surface area contributed by atoms with E-state index in [4.69, 9.17) is 0 Å². The Labute approximate surface area is 70.8 Å². The normalized spacial score (nSPS) is 24.5. The van der Waals surface area contributed by atoms with E-state index in [1.54, 1.807) is 24.4 Å². The molecule has 3 heteroatoms. The van der Waals surface area contributed by atoms with Crippen LogP contribution in [-0.4, -0.2) is 17.6 Å². The van der Waals surface area contributed by atoms with Crippen LogP contribution in [0.2, 0.25) is 0 Å². The third-order valence-electron chi connectivity index (χ3n) is 1.22. The first kappa shape index (κ1) is 8.27. The fourth-order valence-corrected chi connectivity index (χ4v) is 1.33. The molecule has 0 aromatic rings. The van der Waals surface area contributed by atoms with Gasteiger partial charge in [0.25, 0.3) is 0 Å². The topological polar surface area (TPSA) is 24.7 Å². The van der Waals surface area contributed by atoms with Crippen LogP contribution in [0.25, 0.3) is 0 Å². The number of hydrogen-bond acceptors (Lipinski definition) is 3. The number of thioether (sulfide) groups is 1. The van der Waals surface area contributed by atoms with Crippen molar-refractivity contribution >= 4 is 22.4 Å². The molecule has 0 bridgehead atoms. The van der Waals surface area contributed by atoms with E-state index in [0.29, 0.717) is 0 Å². The van der Waals surface area contributed by atoms with Gasteiger partial charge in [0.2, 0.25) is 0 Å². The van der Waals surface area contributed by atoms with Gasteiger partial charge in [0, 0.05) is 7.05 Å². The Kier molecular flexibility index (Phi) is 3.11. The minimum absolute atomic E-state index is 0.954. The van der Waals surface area contributed by atoms with Gasteiger partial charge in [-0.05, 0) is 13.0 Å². The van der Waals surface area contributed by atoms with E-state index in [0.717, 1.165) is 10.7 Å². The van der Waals surface area contributed by atoms with E-state index in [1.165, 1.54) is 0 Å². The van der Waals surface area contributed by atoms with Crippen molar-refractivity contribution in [1.29, 1.82) is 0 Å². The maximum Gasteiger partial charge on any atom is 0.122 e. The maximum atomic E-state index is 4.14. The molecule has 1 heterocycles. The van der Waals surface area contributed by atoms with E-state index in [1.807, 2.05) is 25.2 Å². The molecule has 0 saturated heterocycles. The smallest absolute Gasteiger partial charge is 0.122 e. The molecule has 0 unspecified atom stereocenters. The van der Waals surface area contributed by atoms with Crippen molar-refractivity contribution in [3.63, 3.8) is 0 Å². The quantitative estimate of drug-likeness (QED) is 0.586. The van der Waals surface area contributed by atoms with Crippen molar-refractivity contribution in [2.75, 3.05) is 7.05 Å². The molecule has 0 amide bonds. The summed E-state index contributed by atoms with van der Waals surface area (Å²) < 4.78 is 0. The summed E-state index contributed by atoms with van der Waals surface area (Å²) in [5, 5.41) is 0.989. The summed E-state index contributed by atoms with van der Waals surface area (Å²) in [4.78, 5) is 8.22. The zero-order valence-corrected chi connectivity index (χ0v) is 7.43. The van der Waals surface area contributed by atoms with Gasteiger partial charge in [-0.1, -0.05) is 23.9 Å². The highest BCUT2D eigenvalue weighted by Gasteiger charge is 2.08. The van der Waals surface area contributed by atoms with Crippen molar-refractivity contribution < 1.29 is 0 Å². The molecule has 0 aliphatic carbocycles. The zero-order valence-electron chi connectivity index (χ0n) is 6.61. The molecule has 0 aromatic carbocycles. The van der Waals surface area contributed by atoms with Crippen LogP contribution in [0.5, 0.6) is 0 Å². The van der Waals surface area contributed by atoms with E-state index >= 15 is 0 Å². The number of aliphatic imine (C=N–C) groups is 2. The Bertz CT molecular complexity index is 249. The van der Waals surface area contributed by atoms with Crippen LogP contribution < -0.4 is 0 Å². The lowest BCUT2D eigenvalue weighted by Gasteiger charge is -1.90. The van der Waals surface area contributed by atoms with Gasteiger partial charge in [-0.25, -0.2) is 4.99 Å². The van der Waals surface area contributed by atoms with Gasteiger partial charge in [0.05, 0.1) is 11.2 Å². The fourth-order valence-electron chi connectivity index (χ4n) is 0.718. The second-order valence-electron chi connectivity index (χ2n) is 1.96. The second kappa shape index (κ2) is 4.13. The maximum absolute atomic E-state index is 4.14. The Hall–Kier alpha value is -0.830.